The molecule has 1 atom stereocenters. The molecule has 29 heavy (non-hydrogen) atoms. The minimum atomic E-state index is -0.155. The molecule has 6 heteroatoms. The average Bonchev–Trinajstić information content (AvgIpc) is 2.98. The van der Waals surface area contributed by atoms with Crippen molar-refractivity contribution in [3.8, 4) is 0 Å². The van der Waals surface area contributed by atoms with Crippen molar-refractivity contribution >= 4 is 51.7 Å². The molecule has 1 aromatic heterocycles. The van der Waals surface area contributed by atoms with Gasteiger partial charge in [-0.05, 0) is 61.6 Å². The molecule has 4 rings (SSSR count). The maximum absolute atomic E-state index is 12.3. The Kier molecular flexibility index (Phi) is 6.10. The van der Waals surface area contributed by atoms with Crippen LogP contribution in [0, 0.1) is 0 Å². The largest absolute Gasteiger partial charge is 0.466 e. The molecule has 1 unspecified atom stereocenters. The van der Waals surface area contributed by atoms with Gasteiger partial charge in [0.05, 0.1) is 23.6 Å². The average molecular weight is 451 g/mol. The van der Waals surface area contributed by atoms with Gasteiger partial charge in [-0.1, -0.05) is 46.9 Å². The molecule has 0 saturated carbocycles. The highest BCUT2D eigenvalue weighted by Gasteiger charge is 2.30. The third-order valence-corrected chi connectivity index (χ3v) is 6.33. The van der Waals surface area contributed by atoms with Crippen molar-refractivity contribution in [2.24, 2.45) is 0 Å². The number of esters is 1. The van der Waals surface area contributed by atoms with E-state index in [-0.39, 0.29) is 11.9 Å². The number of aromatic nitrogens is 1. The van der Waals surface area contributed by atoms with Gasteiger partial charge >= 0.3 is 5.97 Å². The molecule has 0 radical (unpaired) electrons. The monoisotopic (exact) mass is 449 g/mol. The smallest absolute Gasteiger partial charge is 0.306 e. The molecule has 0 fully saturated rings. The first-order chi connectivity index (χ1) is 14.0. The number of hydrogen-bond acceptors (Lipinski definition) is 2. The van der Waals surface area contributed by atoms with Crippen LogP contribution in [0.5, 0.6) is 0 Å². The van der Waals surface area contributed by atoms with Crippen molar-refractivity contribution in [3.63, 3.8) is 0 Å². The number of halogens is 3. The summed E-state index contributed by atoms with van der Waals surface area (Å²) in [5.74, 6) is -0.0508. The number of rotatable bonds is 5. The van der Waals surface area contributed by atoms with E-state index in [4.69, 9.17) is 39.5 Å². The van der Waals surface area contributed by atoms with E-state index in [0.717, 1.165) is 35.7 Å². The first-order valence-electron chi connectivity index (χ1n) is 9.88. The van der Waals surface area contributed by atoms with E-state index in [9.17, 15) is 4.79 Å². The van der Waals surface area contributed by atoms with Crippen molar-refractivity contribution in [2.75, 3.05) is 6.61 Å². The van der Waals surface area contributed by atoms with Crippen LogP contribution in [0.25, 0.3) is 10.9 Å². The number of carbonyl (C=O) groups excluding carboxylic acids is 1. The molecule has 0 bridgehead atoms. The Bertz CT molecular complexity index is 1060. The van der Waals surface area contributed by atoms with Gasteiger partial charge in [-0.25, -0.2) is 0 Å². The molecule has 0 aliphatic heterocycles. The predicted molar refractivity (Wildman–Crippen MR) is 119 cm³/mol. The second-order valence-electron chi connectivity index (χ2n) is 7.46. The first kappa shape index (κ1) is 20.6. The number of carbonyl (C=O) groups is 1. The highest BCUT2D eigenvalue weighted by Crippen LogP contribution is 2.44. The Morgan fingerprint density at radius 3 is 2.62 bits per heavy atom. The van der Waals surface area contributed by atoms with E-state index in [1.807, 2.05) is 37.3 Å². The first-order valence-corrected chi connectivity index (χ1v) is 11.0. The van der Waals surface area contributed by atoms with Crippen LogP contribution >= 0.6 is 34.8 Å². The van der Waals surface area contributed by atoms with Crippen molar-refractivity contribution < 1.29 is 9.53 Å². The van der Waals surface area contributed by atoms with Crippen LogP contribution in [0.4, 0.5) is 0 Å². The van der Waals surface area contributed by atoms with Crippen molar-refractivity contribution in [3.05, 3.63) is 68.3 Å². The Hall–Kier alpha value is -1.68. The molecule has 1 heterocycles. The normalized spacial score (nSPS) is 16.1. The van der Waals surface area contributed by atoms with Crippen molar-refractivity contribution in [1.82, 2.24) is 4.57 Å². The van der Waals surface area contributed by atoms with Gasteiger partial charge in [0, 0.05) is 33.6 Å². The fraction of sp³-hybridized carbons (Fsp3) is 0.348. The zero-order valence-corrected chi connectivity index (χ0v) is 18.4. The second-order valence-corrected chi connectivity index (χ2v) is 8.74. The summed E-state index contributed by atoms with van der Waals surface area (Å²) in [7, 11) is 0. The molecule has 0 N–H and O–H groups in total. The van der Waals surface area contributed by atoms with Gasteiger partial charge < -0.3 is 9.30 Å². The maximum atomic E-state index is 12.3. The maximum Gasteiger partial charge on any atom is 0.306 e. The van der Waals surface area contributed by atoms with Gasteiger partial charge in [-0.15, -0.1) is 0 Å². The summed E-state index contributed by atoms with van der Waals surface area (Å²) in [4.78, 5) is 12.3. The van der Waals surface area contributed by atoms with Crippen LogP contribution in [0.15, 0.2) is 36.4 Å². The molecule has 3 aromatic rings. The third kappa shape index (κ3) is 4.14. The fourth-order valence-electron chi connectivity index (χ4n) is 4.44. The SMILES string of the molecule is CCOC(=O)CC1CCCc2c1n(Cc1ccc(Cl)cc1)c1cc(Cl)cc(Cl)c21. The van der Waals surface area contributed by atoms with Gasteiger partial charge in [0.1, 0.15) is 0 Å². The molecule has 1 aliphatic rings. The molecule has 0 saturated heterocycles. The summed E-state index contributed by atoms with van der Waals surface area (Å²) in [5, 5.41) is 3.03. The number of aryl methyl sites for hydroxylation is 1. The van der Waals surface area contributed by atoms with Crippen LogP contribution in [-0.4, -0.2) is 17.1 Å². The van der Waals surface area contributed by atoms with E-state index in [1.54, 1.807) is 6.07 Å². The lowest BCUT2D eigenvalue weighted by molar-refractivity contribution is -0.143. The highest BCUT2D eigenvalue weighted by molar-refractivity contribution is 6.39. The van der Waals surface area contributed by atoms with E-state index in [1.165, 1.54) is 11.3 Å². The molecular formula is C23H22Cl3NO2. The number of ether oxygens (including phenoxy) is 1. The van der Waals surface area contributed by atoms with E-state index in [0.29, 0.717) is 34.6 Å². The molecule has 1 aliphatic carbocycles. The number of benzene rings is 2. The van der Waals surface area contributed by atoms with Crippen molar-refractivity contribution in [2.45, 2.75) is 45.1 Å². The van der Waals surface area contributed by atoms with Crippen LogP contribution < -0.4 is 0 Å². The summed E-state index contributed by atoms with van der Waals surface area (Å²) in [6.45, 7) is 2.90. The standard InChI is InChI=1S/C23H22Cl3NO2/c1-2-29-21(28)10-15-4-3-5-18-22-19(26)11-17(25)12-20(22)27(23(15)18)13-14-6-8-16(24)9-7-14/h6-9,11-12,15H,2-5,10,13H2,1H3. The summed E-state index contributed by atoms with van der Waals surface area (Å²) in [6, 6.07) is 11.6. The minimum absolute atomic E-state index is 0.104. The van der Waals surface area contributed by atoms with Gasteiger partial charge in [0.25, 0.3) is 0 Å². The zero-order valence-electron chi connectivity index (χ0n) is 16.2. The van der Waals surface area contributed by atoms with Gasteiger partial charge in [0.15, 0.2) is 0 Å². The Morgan fingerprint density at radius 2 is 1.90 bits per heavy atom. The van der Waals surface area contributed by atoms with Gasteiger partial charge in [0.2, 0.25) is 0 Å². The molecular weight excluding hydrogens is 429 g/mol. The van der Waals surface area contributed by atoms with E-state index < -0.39 is 0 Å². The van der Waals surface area contributed by atoms with Crippen LogP contribution in [0.2, 0.25) is 15.1 Å². The van der Waals surface area contributed by atoms with Gasteiger partial charge in [-0.2, -0.15) is 0 Å². The minimum Gasteiger partial charge on any atom is -0.466 e. The van der Waals surface area contributed by atoms with E-state index >= 15 is 0 Å². The second kappa shape index (κ2) is 8.59. The summed E-state index contributed by atoms with van der Waals surface area (Å²) in [6.07, 6.45) is 3.30. The summed E-state index contributed by atoms with van der Waals surface area (Å²) in [5.41, 5.74) is 4.55. The topological polar surface area (TPSA) is 31.2 Å². The predicted octanol–water partition coefficient (Wildman–Crippen LogP) is 7.02. The van der Waals surface area contributed by atoms with Crippen LogP contribution in [-0.2, 0) is 22.5 Å². The third-order valence-electron chi connectivity index (χ3n) is 5.57. The lowest BCUT2D eigenvalue weighted by Gasteiger charge is -2.25. The number of nitrogens with zero attached hydrogens (tertiary/aromatic N) is 1. The summed E-state index contributed by atoms with van der Waals surface area (Å²) >= 11 is 19.1. The fourth-order valence-corrected chi connectivity index (χ4v) is 5.16. The molecule has 0 spiro atoms. The zero-order chi connectivity index (χ0) is 20.5. The summed E-state index contributed by atoms with van der Waals surface area (Å²) < 4.78 is 7.51. The molecule has 3 nitrogen and oxygen atoms in total. The van der Waals surface area contributed by atoms with Crippen LogP contribution in [0.3, 0.4) is 0 Å². The van der Waals surface area contributed by atoms with E-state index in [2.05, 4.69) is 4.57 Å². The van der Waals surface area contributed by atoms with Crippen LogP contribution in [0.1, 0.15) is 48.9 Å². The Labute approximate surface area is 185 Å². The van der Waals surface area contributed by atoms with Gasteiger partial charge in [-0.3, -0.25) is 4.79 Å². The molecule has 2 aromatic carbocycles. The number of fused-ring (bicyclic) bond motifs is 3. The lowest BCUT2D eigenvalue weighted by atomic mass is 9.84. The Morgan fingerprint density at radius 1 is 1.14 bits per heavy atom. The van der Waals surface area contributed by atoms with Crippen molar-refractivity contribution in [1.29, 1.82) is 0 Å². The highest BCUT2D eigenvalue weighted by atomic mass is 35.5. The molecule has 0 amide bonds. The number of hydrogen-bond donors (Lipinski definition) is 0. The lowest BCUT2D eigenvalue weighted by Crippen LogP contribution is -2.19. The Balaban J connectivity index is 1.87. The quantitative estimate of drug-likeness (QED) is 0.391. The molecule has 152 valence electrons.